The van der Waals surface area contributed by atoms with E-state index < -0.39 is 0 Å². The smallest absolute Gasteiger partial charge is 0.0595 e. The Labute approximate surface area is 137 Å². The van der Waals surface area contributed by atoms with Gasteiger partial charge < -0.3 is 5.32 Å². The Kier molecular flexibility index (Phi) is 5.61. The molecule has 2 fully saturated rings. The van der Waals surface area contributed by atoms with Crippen LogP contribution in [0.3, 0.4) is 0 Å². The van der Waals surface area contributed by atoms with Crippen molar-refractivity contribution in [2.45, 2.75) is 25.8 Å². The lowest BCUT2D eigenvalue weighted by Gasteiger charge is -2.34. The summed E-state index contributed by atoms with van der Waals surface area (Å²) in [5.41, 5.74) is 1.84. The van der Waals surface area contributed by atoms with Gasteiger partial charge >= 0.3 is 0 Å². The average Bonchev–Trinajstić information content (AvgIpc) is 2.78. The van der Waals surface area contributed by atoms with Crippen LogP contribution in [0.2, 0.25) is 10.0 Å². The van der Waals surface area contributed by atoms with Crippen molar-refractivity contribution in [2.75, 3.05) is 26.2 Å². The molecule has 0 bridgehead atoms. The molecule has 1 spiro atoms. The van der Waals surface area contributed by atoms with Gasteiger partial charge in [0.25, 0.3) is 0 Å². The van der Waals surface area contributed by atoms with Crippen molar-refractivity contribution in [2.24, 2.45) is 5.41 Å². The molecule has 112 valence electrons. The first-order chi connectivity index (χ1) is 9.17. The van der Waals surface area contributed by atoms with E-state index >= 15 is 0 Å². The van der Waals surface area contributed by atoms with Crippen molar-refractivity contribution < 1.29 is 0 Å². The molecule has 0 aromatic heterocycles. The van der Waals surface area contributed by atoms with E-state index in [0.717, 1.165) is 6.54 Å². The molecule has 1 aromatic rings. The second kappa shape index (κ2) is 6.85. The number of benzene rings is 1. The number of nitrogens with one attached hydrogen (secondary N) is 1. The van der Waals surface area contributed by atoms with Gasteiger partial charge in [0.1, 0.15) is 0 Å². The van der Waals surface area contributed by atoms with Gasteiger partial charge in [-0.05, 0) is 62.0 Å². The molecule has 0 unspecified atom stereocenters. The highest BCUT2D eigenvalue weighted by Crippen LogP contribution is 2.39. The fraction of sp³-hybridized carbons (Fsp3) is 0.600. The second-order valence-electron chi connectivity index (χ2n) is 5.96. The molecule has 0 atom stereocenters. The Hall–Kier alpha value is 0.01000. The molecule has 2 saturated heterocycles. The van der Waals surface area contributed by atoms with E-state index in [2.05, 4.69) is 16.3 Å². The van der Waals surface area contributed by atoms with Crippen LogP contribution in [0.5, 0.6) is 0 Å². The fourth-order valence-electron chi connectivity index (χ4n) is 3.42. The third kappa shape index (κ3) is 3.61. The summed E-state index contributed by atoms with van der Waals surface area (Å²) >= 11 is 12.0. The van der Waals surface area contributed by atoms with Gasteiger partial charge in [-0.25, -0.2) is 0 Å². The van der Waals surface area contributed by atoms with Gasteiger partial charge in [-0.3, -0.25) is 4.90 Å². The molecule has 2 aliphatic rings. The van der Waals surface area contributed by atoms with Crippen molar-refractivity contribution in [3.63, 3.8) is 0 Å². The molecule has 1 aromatic carbocycles. The third-order valence-electron chi connectivity index (χ3n) is 4.57. The summed E-state index contributed by atoms with van der Waals surface area (Å²) in [7, 11) is 0. The van der Waals surface area contributed by atoms with Crippen molar-refractivity contribution in [1.82, 2.24) is 10.2 Å². The van der Waals surface area contributed by atoms with Crippen LogP contribution in [0, 0.1) is 5.41 Å². The van der Waals surface area contributed by atoms with E-state index in [0.29, 0.717) is 15.5 Å². The molecule has 0 radical (unpaired) electrons. The van der Waals surface area contributed by atoms with E-state index in [9.17, 15) is 0 Å². The number of hydrogen-bond donors (Lipinski definition) is 1. The Balaban J connectivity index is 0.00000147. The maximum atomic E-state index is 6.08. The highest BCUT2D eigenvalue weighted by Gasteiger charge is 2.38. The Morgan fingerprint density at radius 3 is 2.55 bits per heavy atom. The summed E-state index contributed by atoms with van der Waals surface area (Å²) < 4.78 is 0. The summed E-state index contributed by atoms with van der Waals surface area (Å²) in [5, 5.41) is 4.77. The van der Waals surface area contributed by atoms with Crippen LogP contribution >= 0.6 is 35.6 Å². The molecule has 1 N–H and O–H groups in total. The van der Waals surface area contributed by atoms with Gasteiger partial charge in [0.2, 0.25) is 0 Å². The van der Waals surface area contributed by atoms with Crippen molar-refractivity contribution >= 4 is 35.6 Å². The molecule has 2 aliphatic heterocycles. The molecule has 20 heavy (non-hydrogen) atoms. The molecule has 0 amide bonds. The summed E-state index contributed by atoms with van der Waals surface area (Å²) in [6.45, 7) is 5.79. The minimum Gasteiger partial charge on any atom is -0.317 e. The van der Waals surface area contributed by atoms with Crippen LogP contribution in [0.4, 0.5) is 0 Å². The molecular formula is C15H21Cl3N2. The molecule has 5 heteroatoms. The lowest BCUT2D eigenvalue weighted by atomic mass is 9.78. The van der Waals surface area contributed by atoms with E-state index in [4.69, 9.17) is 23.2 Å². The van der Waals surface area contributed by atoms with E-state index in [-0.39, 0.29) is 12.4 Å². The zero-order valence-corrected chi connectivity index (χ0v) is 13.8. The molecule has 0 aliphatic carbocycles. The molecule has 2 nitrogen and oxygen atoms in total. The third-order valence-corrected chi connectivity index (χ3v) is 5.31. The predicted molar refractivity (Wildman–Crippen MR) is 88.1 cm³/mol. The SMILES string of the molecule is Cl.Clc1ccc(CN2CCC3(CCNCC3)C2)cc1Cl. The van der Waals surface area contributed by atoms with Crippen LogP contribution in [0.1, 0.15) is 24.8 Å². The minimum absolute atomic E-state index is 0. The molecule has 0 saturated carbocycles. The van der Waals surface area contributed by atoms with Crippen molar-refractivity contribution in [3.05, 3.63) is 33.8 Å². The first-order valence-corrected chi connectivity index (χ1v) is 7.80. The lowest BCUT2D eigenvalue weighted by Crippen LogP contribution is -2.38. The number of nitrogens with zero attached hydrogens (tertiary/aromatic N) is 1. The van der Waals surface area contributed by atoms with Gasteiger partial charge in [-0.15, -0.1) is 12.4 Å². The number of hydrogen-bond acceptors (Lipinski definition) is 2. The first-order valence-electron chi connectivity index (χ1n) is 7.04. The summed E-state index contributed by atoms with van der Waals surface area (Å²) in [6, 6.07) is 5.98. The second-order valence-corrected chi connectivity index (χ2v) is 6.77. The highest BCUT2D eigenvalue weighted by molar-refractivity contribution is 6.42. The molecular weight excluding hydrogens is 315 g/mol. The average molecular weight is 336 g/mol. The number of likely N-dealkylation sites (tertiary alicyclic amines) is 1. The summed E-state index contributed by atoms with van der Waals surface area (Å²) in [6.07, 6.45) is 3.99. The van der Waals surface area contributed by atoms with Crippen molar-refractivity contribution in [3.8, 4) is 0 Å². The predicted octanol–water partition coefficient (Wildman–Crippen LogP) is 3.99. The normalized spacial score (nSPS) is 21.9. The highest BCUT2D eigenvalue weighted by atomic mass is 35.5. The maximum Gasteiger partial charge on any atom is 0.0595 e. The topological polar surface area (TPSA) is 15.3 Å². The van der Waals surface area contributed by atoms with Crippen LogP contribution < -0.4 is 5.32 Å². The largest absolute Gasteiger partial charge is 0.317 e. The Morgan fingerprint density at radius 1 is 1.10 bits per heavy atom. The van der Waals surface area contributed by atoms with E-state index in [1.165, 1.54) is 51.0 Å². The fourth-order valence-corrected chi connectivity index (χ4v) is 3.74. The zero-order chi connectivity index (χ0) is 13.3. The zero-order valence-electron chi connectivity index (χ0n) is 11.5. The standard InChI is InChI=1S/C15H20Cl2N2.ClH/c16-13-2-1-12(9-14(13)17)10-19-8-5-15(11-19)3-6-18-7-4-15;/h1-2,9,18H,3-8,10-11H2;1H. The van der Waals surface area contributed by atoms with Gasteiger partial charge in [0, 0.05) is 13.1 Å². The summed E-state index contributed by atoms with van der Waals surface area (Å²) in [5.74, 6) is 0. The van der Waals surface area contributed by atoms with Gasteiger partial charge in [0.05, 0.1) is 10.0 Å². The van der Waals surface area contributed by atoms with Crippen LogP contribution in [-0.4, -0.2) is 31.1 Å². The van der Waals surface area contributed by atoms with Crippen LogP contribution in [0.25, 0.3) is 0 Å². The number of rotatable bonds is 2. The van der Waals surface area contributed by atoms with Crippen molar-refractivity contribution in [1.29, 1.82) is 0 Å². The first kappa shape index (κ1) is 16.4. The van der Waals surface area contributed by atoms with Crippen LogP contribution in [0.15, 0.2) is 18.2 Å². The molecule has 3 rings (SSSR count). The van der Waals surface area contributed by atoms with Gasteiger partial charge in [-0.1, -0.05) is 29.3 Å². The Bertz CT molecular complexity index is 458. The van der Waals surface area contributed by atoms with E-state index in [1.807, 2.05) is 12.1 Å². The molecule has 2 heterocycles. The van der Waals surface area contributed by atoms with Crippen LogP contribution in [-0.2, 0) is 6.54 Å². The monoisotopic (exact) mass is 334 g/mol. The van der Waals surface area contributed by atoms with Gasteiger partial charge in [-0.2, -0.15) is 0 Å². The maximum absolute atomic E-state index is 6.08. The lowest BCUT2D eigenvalue weighted by molar-refractivity contribution is 0.194. The number of piperidine rings is 1. The summed E-state index contributed by atoms with van der Waals surface area (Å²) in [4.78, 5) is 2.56. The quantitative estimate of drug-likeness (QED) is 0.879. The number of halogens is 3. The van der Waals surface area contributed by atoms with E-state index in [1.54, 1.807) is 0 Å². The minimum atomic E-state index is 0. The van der Waals surface area contributed by atoms with Gasteiger partial charge in [0.15, 0.2) is 0 Å². The Morgan fingerprint density at radius 2 is 1.85 bits per heavy atom.